The summed E-state index contributed by atoms with van der Waals surface area (Å²) < 4.78 is 12.7. The molecule has 21 heavy (non-hydrogen) atoms. The van der Waals surface area contributed by atoms with Crippen LogP contribution in [0.1, 0.15) is 31.7 Å². The molecule has 1 aromatic rings. The molecule has 0 fully saturated rings. The maximum atomic E-state index is 12.7. The van der Waals surface area contributed by atoms with E-state index in [-0.39, 0.29) is 11.7 Å². The Morgan fingerprint density at radius 1 is 1.24 bits per heavy atom. The van der Waals surface area contributed by atoms with Gasteiger partial charge >= 0.3 is 0 Å². The van der Waals surface area contributed by atoms with Gasteiger partial charge in [-0.05, 0) is 42.4 Å². The van der Waals surface area contributed by atoms with Crippen molar-refractivity contribution in [3.63, 3.8) is 0 Å². The van der Waals surface area contributed by atoms with Crippen LogP contribution in [0.4, 0.5) is 4.39 Å². The third-order valence-corrected chi connectivity index (χ3v) is 2.91. The molecule has 0 aromatic heterocycles. The van der Waals surface area contributed by atoms with Crippen molar-refractivity contribution in [2.45, 2.75) is 26.2 Å². The van der Waals surface area contributed by atoms with Crippen molar-refractivity contribution in [2.24, 2.45) is 0 Å². The van der Waals surface area contributed by atoms with E-state index < -0.39 is 0 Å². The Bertz CT molecular complexity index is 488. The van der Waals surface area contributed by atoms with Crippen LogP contribution in [-0.2, 0) is 4.79 Å². The zero-order valence-electron chi connectivity index (χ0n) is 12.0. The number of halogens is 1. The molecule has 3 N–H and O–H groups in total. The summed E-state index contributed by atoms with van der Waals surface area (Å²) >= 11 is 5.01. The molecule has 0 heterocycles. The molecule has 0 unspecified atom stereocenters. The highest BCUT2D eigenvalue weighted by Gasteiger charge is 1.97. The van der Waals surface area contributed by atoms with Crippen molar-refractivity contribution in [2.75, 3.05) is 6.54 Å². The Hall–Kier alpha value is -1.95. The number of hydrogen-bond donors (Lipinski definition) is 3. The van der Waals surface area contributed by atoms with E-state index in [1.165, 1.54) is 18.2 Å². The zero-order valence-corrected chi connectivity index (χ0v) is 12.8. The number of rotatable bonds is 6. The monoisotopic (exact) mass is 309 g/mol. The Morgan fingerprint density at radius 3 is 2.62 bits per heavy atom. The van der Waals surface area contributed by atoms with Crippen LogP contribution < -0.4 is 16.2 Å². The van der Waals surface area contributed by atoms with Crippen LogP contribution in [0.25, 0.3) is 6.08 Å². The number of carbonyl (C=O) groups excluding carboxylic acids is 1. The summed E-state index contributed by atoms with van der Waals surface area (Å²) in [5.74, 6) is -0.644. The smallest absolute Gasteiger partial charge is 0.262 e. The largest absolute Gasteiger partial charge is 0.361 e. The van der Waals surface area contributed by atoms with E-state index in [4.69, 9.17) is 12.2 Å². The molecule has 0 aliphatic carbocycles. The fraction of sp³-hybridized carbons (Fsp3) is 0.333. The van der Waals surface area contributed by atoms with Gasteiger partial charge in [0.25, 0.3) is 5.91 Å². The van der Waals surface area contributed by atoms with E-state index in [0.717, 1.165) is 31.4 Å². The van der Waals surface area contributed by atoms with Crippen LogP contribution in [0.5, 0.6) is 0 Å². The number of benzene rings is 1. The highest BCUT2D eigenvalue weighted by Crippen LogP contribution is 2.04. The summed E-state index contributed by atoms with van der Waals surface area (Å²) in [5, 5.41) is 3.38. The average molecular weight is 309 g/mol. The molecular formula is C15H20FN3OS. The average Bonchev–Trinajstić information content (AvgIpc) is 2.49. The molecule has 1 rings (SSSR count). The van der Waals surface area contributed by atoms with Gasteiger partial charge in [-0.15, -0.1) is 0 Å². The van der Waals surface area contributed by atoms with Gasteiger partial charge in [-0.1, -0.05) is 31.9 Å². The molecule has 4 nitrogen and oxygen atoms in total. The number of unbranched alkanes of at least 4 members (excludes halogenated alkanes) is 2. The van der Waals surface area contributed by atoms with Crippen molar-refractivity contribution >= 4 is 29.3 Å². The van der Waals surface area contributed by atoms with Crippen molar-refractivity contribution < 1.29 is 9.18 Å². The summed E-state index contributed by atoms with van der Waals surface area (Å²) in [7, 11) is 0. The second kappa shape index (κ2) is 9.88. The van der Waals surface area contributed by atoms with E-state index in [9.17, 15) is 9.18 Å². The SMILES string of the molecule is CCCCCNC(=S)NNC(=O)/C=C/c1ccc(F)cc1. The van der Waals surface area contributed by atoms with Gasteiger partial charge in [0, 0.05) is 12.6 Å². The molecule has 0 radical (unpaired) electrons. The standard InChI is InChI=1S/C15H20FN3OS/c1-2-3-4-11-17-15(21)19-18-14(20)10-7-12-5-8-13(16)9-6-12/h5-10H,2-4,11H2,1H3,(H,18,20)(H2,17,19,21)/b10-7+. The lowest BCUT2D eigenvalue weighted by Gasteiger charge is -2.09. The van der Waals surface area contributed by atoms with Gasteiger partial charge < -0.3 is 5.32 Å². The number of carbonyl (C=O) groups is 1. The molecule has 0 aliphatic heterocycles. The normalized spacial score (nSPS) is 10.4. The van der Waals surface area contributed by atoms with E-state index >= 15 is 0 Å². The molecule has 0 aliphatic rings. The Kier molecular flexibility index (Phi) is 8.04. The molecule has 1 amide bonds. The molecule has 0 atom stereocenters. The molecule has 0 saturated carbocycles. The van der Waals surface area contributed by atoms with Crippen LogP contribution >= 0.6 is 12.2 Å². The molecule has 0 bridgehead atoms. The van der Waals surface area contributed by atoms with E-state index in [2.05, 4.69) is 23.1 Å². The lowest BCUT2D eigenvalue weighted by molar-refractivity contribution is -0.116. The lowest BCUT2D eigenvalue weighted by atomic mass is 10.2. The second-order valence-electron chi connectivity index (χ2n) is 4.46. The summed E-state index contributed by atoms with van der Waals surface area (Å²) in [6.07, 6.45) is 6.26. The minimum Gasteiger partial charge on any atom is -0.361 e. The number of thiocarbonyl (C=S) groups is 1. The molecule has 114 valence electrons. The first-order chi connectivity index (χ1) is 10.1. The van der Waals surface area contributed by atoms with Gasteiger partial charge in [-0.25, -0.2) is 4.39 Å². The van der Waals surface area contributed by atoms with Gasteiger partial charge in [0.1, 0.15) is 5.82 Å². The highest BCUT2D eigenvalue weighted by molar-refractivity contribution is 7.80. The third-order valence-electron chi connectivity index (χ3n) is 2.66. The zero-order chi connectivity index (χ0) is 15.5. The predicted octanol–water partition coefficient (Wildman–Crippen LogP) is 2.52. The minimum absolute atomic E-state index is 0.308. The molecule has 0 saturated heterocycles. The van der Waals surface area contributed by atoms with E-state index in [1.54, 1.807) is 18.2 Å². The maximum Gasteiger partial charge on any atom is 0.262 e. The molecule has 6 heteroatoms. The molecular weight excluding hydrogens is 289 g/mol. The lowest BCUT2D eigenvalue weighted by Crippen LogP contribution is -2.46. The van der Waals surface area contributed by atoms with E-state index in [0.29, 0.717) is 5.11 Å². The number of hydrogen-bond acceptors (Lipinski definition) is 2. The number of hydrazine groups is 1. The Balaban J connectivity index is 2.24. The van der Waals surface area contributed by atoms with Crippen molar-refractivity contribution in [1.82, 2.24) is 16.2 Å². The predicted molar refractivity (Wildman–Crippen MR) is 86.8 cm³/mol. The highest BCUT2D eigenvalue weighted by atomic mass is 32.1. The van der Waals surface area contributed by atoms with Gasteiger partial charge in [0.05, 0.1) is 0 Å². The fourth-order valence-electron chi connectivity index (χ4n) is 1.53. The Labute approximate surface area is 129 Å². The van der Waals surface area contributed by atoms with Crippen LogP contribution in [0.15, 0.2) is 30.3 Å². The van der Waals surface area contributed by atoms with Gasteiger partial charge in [-0.2, -0.15) is 0 Å². The van der Waals surface area contributed by atoms with Crippen molar-refractivity contribution in [1.29, 1.82) is 0 Å². The van der Waals surface area contributed by atoms with Crippen LogP contribution in [0.3, 0.4) is 0 Å². The third kappa shape index (κ3) is 8.04. The quantitative estimate of drug-likeness (QED) is 0.327. The molecule has 0 spiro atoms. The topological polar surface area (TPSA) is 53.2 Å². The van der Waals surface area contributed by atoms with Crippen LogP contribution in [-0.4, -0.2) is 17.6 Å². The summed E-state index contributed by atoms with van der Waals surface area (Å²) in [5.41, 5.74) is 5.81. The van der Waals surface area contributed by atoms with Crippen LogP contribution in [0, 0.1) is 5.82 Å². The first kappa shape index (κ1) is 17.1. The number of nitrogens with one attached hydrogen (secondary N) is 3. The first-order valence-electron chi connectivity index (χ1n) is 6.89. The van der Waals surface area contributed by atoms with Crippen molar-refractivity contribution in [3.8, 4) is 0 Å². The van der Waals surface area contributed by atoms with Gasteiger partial charge in [0.15, 0.2) is 5.11 Å². The first-order valence-corrected chi connectivity index (χ1v) is 7.30. The summed E-state index contributed by atoms with van der Waals surface area (Å²) in [6.45, 7) is 2.91. The molecule has 1 aromatic carbocycles. The van der Waals surface area contributed by atoms with E-state index in [1.807, 2.05) is 0 Å². The van der Waals surface area contributed by atoms with Gasteiger partial charge in [0.2, 0.25) is 0 Å². The summed E-state index contributed by atoms with van der Waals surface area (Å²) in [4.78, 5) is 11.5. The van der Waals surface area contributed by atoms with Crippen molar-refractivity contribution in [3.05, 3.63) is 41.7 Å². The minimum atomic E-state index is -0.336. The second-order valence-corrected chi connectivity index (χ2v) is 4.87. The van der Waals surface area contributed by atoms with Crippen LogP contribution in [0.2, 0.25) is 0 Å². The Morgan fingerprint density at radius 2 is 1.95 bits per heavy atom. The summed E-state index contributed by atoms with van der Waals surface area (Å²) in [6, 6.07) is 5.86. The number of amides is 1. The maximum absolute atomic E-state index is 12.7. The fourth-order valence-corrected chi connectivity index (χ4v) is 1.68. The van der Waals surface area contributed by atoms with Gasteiger partial charge in [-0.3, -0.25) is 15.6 Å².